The van der Waals surface area contributed by atoms with Crippen LogP contribution in [0, 0.1) is 62.1 Å². The van der Waals surface area contributed by atoms with Crippen LogP contribution in [0.3, 0.4) is 0 Å². The van der Waals surface area contributed by atoms with Crippen LogP contribution in [0.25, 0.3) is 0 Å². The zero-order valence-corrected chi connectivity index (χ0v) is 40.2. The van der Waals surface area contributed by atoms with E-state index in [4.69, 9.17) is 9.47 Å². The van der Waals surface area contributed by atoms with E-state index in [9.17, 15) is 19.5 Å². The predicted molar refractivity (Wildman–Crippen MR) is 250 cm³/mol. The molecule has 64 heavy (non-hydrogen) atoms. The van der Waals surface area contributed by atoms with E-state index in [2.05, 4.69) is 85.3 Å². The van der Waals surface area contributed by atoms with Crippen LogP contribution in [0.4, 0.5) is 11.6 Å². The highest BCUT2D eigenvalue weighted by atomic mass is 16.5. The lowest BCUT2D eigenvalue weighted by Gasteiger charge is -2.72. The molecule has 0 spiro atoms. The number of allylic oxidation sites excluding steroid dienone is 1. The summed E-state index contributed by atoms with van der Waals surface area (Å²) in [6, 6.07) is 12.4. The molecule has 1 aromatic heterocycles. The van der Waals surface area contributed by atoms with Crippen molar-refractivity contribution in [2.24, 2.45) is 62.1 Å². The van der Waals surface area contributed by atoms with E-state index in [1.165, 1.54) is 11.1 Å². The minimum atomic E-state index is -1.16. The van der Waals surface area contributed by atoms with Crippen molar-refractivity contribution in [3.63, 3.8) is 0 Å². The van der Waals surface area contributed by atoms with Gasteiger partial charge < -0.3 is 24.8 Å². The lowest BCUT2D eigenvalue weighted by atomic mass is 9.32. The Hall–Kier alpha value is -3.99. The number of esters is 2. The zero-order chi connectivity index (χ0) is 45.9. The number of ether oxygens (including phenoxy) is 2. The number of carbonyl (C=O) groups is 3. The summed E-state index contributed by atoms with van der Waals surface area (Å²) in [6.07, 6.45) is 11.4. The Morgan fingerprint density at radius 1 is 0.875 bits per heavy atom. The summed E-state index contributed by atoms with van der Waals surface area (Å²) in [4.78, 5) is 53.5. The van der Waals surface area contributed by atoms with Crippen molar-refractivity contribution < 1.29 is 29.0 Å². The standard InChI is InChI=1S/C53H77N5O6/c1-35(2)37-17-22-53(47(62)63-30-29-57-25-27-58(28-26-57)43-31-42(55-34-56-43)54-33-36-13-11-10-12-14-36)24-23-51(8)38(45(37)53)15-16-40-50(7)20-19-41(64-44(59)32-48(3,4)46(60)61)49(5,6)39(50)18-21-52(40,51)9/h10-14,31,34,37-41,45H,1,15-30,32-33H2,2-9H3,(H,60,61)(H,54,55,56)/t37-,38+,39-,40+,41-,45+,50-,51+,52+,53-/m0/s1. The lowest BCUT2D eigenvalue weighted by Crippen LogP contribution is -2.67. The molecule has 0 amide bonds. The molecule has 2 N–H and O–H groups in total. The van der Waals surface area contributed by atoms with E-state index in [0.29, 0.717) is 36.8 Å². The van der Waals surface area contributed by atoms with E-state index in [1.54, 1.807) is 20.2 Å². The molecule has 0 radical (unpaired) electrons. The van der Waals surface area contributed by atoms with Gasteiger partial charge in [-0.15, -0.1) is 0 Å². The van der Waals surface area contributed by atoms with Crippen LogP contribution >= 0.6 is 0 Å². The van der Waals surface area contributed by atoms with Crippen LogP contribution in [-0.4, -0.2) is 83.3 Å². The van der Waals surface area contributed by atoms with Gasteiger partial charge in [-0.3, -0.25) is 19.3 Å². The molecule has 1 aromatic carbocycles. The number of benzene rings is 1. The van der Waals surface area contributed by atoms with Crippen molar-refractivity contribution in [1.82, 2.24) is 14.9 Å². The molecule has 0 bridgehead atoms. The van der Waals surface area contributed by atoms with Crippen LogP contribution < -0.4 is 10.2 Å². The molecular formula is C53H77N5O6. The minimum Gasteiger partial charge on any atom is -0.481 e. The fourth-order valence-corrected chi connectivity index (χ4v) is 15.3. The Bertz CT molecular complexity index is 2070. The molecule has 5 saturated carbocycles. The van der Waals surface area contributed by atoms with Gasteiger partial charge in [-0.05, 0) is 136 Å². The Kier molecular flexibility index (Phi) is 12.6. The summed E-state index contributed by atoms with van der Waals surface area (Å²) in [7, 11) is 0. The lowest BCUT2D eigenvalue weighted by molar-refractivity contribution is -0.251. The smallest absolute Gasteiger partial charge is 0.312 e. The normalized spacial score (nSPS) is 35.8. The number of hydrogen-bond acceptors (Lipinski definition) is 10. The first kappa shape index (κ1) is 46.5. The van der Waals surface area contributed by atoms with Crippen molar-refractivity contribution in [1.29, 1.82) is 0 Å². The van der Waals surface area contributed by atoms with Gasteiger partial charge in [0.15, 0.2) is 0 Å². The van der Waals surface area contributed by atoms with Gasteiger partial charge in [0.25, 0.3) is 0 Å². The SMILES string of the molecule is C=C(C)[C@@H]1CC[C@]2(C(=O)OCCN3CCN(c4cc(NCc5ccccc5)ncn4)CC3)CC[C@]3(C)[C@H](CC[C@@H]4[C@@]5(C)CC[C@H](OC(=O)CC(C)(C)C(=O)O)C(C)(C)[C@@H]5CC[C@]43C)[C@@H]12. The zero-order valence-electron chi connectivity index (χ0n) is 40.2. The van der Waals surface area contributed by atoms with E-state index in [0.717, 1.165) is 109 Å². The van der Waals surface area contributed by atoms with Crippen molar-refractivity contribution in [3.05, 3.63) is 60.4 Å². The van der Waals surface area contributed by atoms with Crippen molar-refractivity contribution in [3.8, 4) is 0 Å². The van der Waals surface area contributed by atoms with E-state index in [1.807, 2.05) is 24.3 Å². The fourth-order valence-electron chi connectivity index (χ4n) is 15.3. The van der Waals surface area contributed by atoms with Gasteiger partial charge in [-0.1, -0.05) is 77.1 Å². The van der Waals surface area contributed by atoms with E-state index in [-0.39, 0.29) is 46.1 Å². The van der Waals surface area contributed by atoms with Gasteiger partial charge in [0, 0.05) is 50.7 Å². The number of piperazine rings is 1. The Labute approximate surface area is 382 Å². The largest absolute Gasteiger partial charge is 0.481 e. The highest BCUT2D eigenvalue weighted by Crippen LogP contribution is 2.77. The maximum absolute atomic E-state index is 14.7. The highest BCUT2D eigenvalue weighted by Gasteiger charge is 2.72. The Morgan fingerprint density at radius 3 is 2.31 bits per heavy atom. The van der Waals surface area contributed by atoms with Crippen LogP contribution in [0.1, 0.15) is 132 Å². The van der Waals surface area contributed by atoms with Gasteiger partial charge in [-0.25, -0.2) is 9.97 Å². The number of carbonyl (C=O) groups excluding carboxylic acids is 2. The topological polar surface area (TPSA) is 134 Å². The second-order valence-corrected chi connectivity index (χ2v) is 23.1. The molecule has 6 aliphatic rings. The number of carboxylic acids is 1. The molecule has 5 aliphatic carbocycles. The molecule has 10 atom stereocenters. The average Bonchev–Trinajstić information content (AvgIpc) is 3.66. The fraction of sp³-hybridized carbons (Fsp3) is 0.717. The number of carboxylic acid groups (broad SMARTS) is 1. The van der Waals surface area contributed by atoms with Crippen LogP contribution in [0.2, 0.25) is 0 Å². The van der Waals surface area contributed by atoms with Crippen LogP contribution in [-0.2, 0) is 30.4 Å². The number of fused-ring (bicyclic) bond motifs is 7. The molecule has 1 saturated heterocycles. The van der Waals surface area contributed by atoms with Gasteiger partial charge in [0.2, 0.25) is 0 Å². The third-order valence-corrected chi connectivity index (χ3v) is 19.2. The number of anilines is 2. The van der Waals surface area contributed by atoms with Gasteiger partial charge in [0.05, 0.1) is 17.3 Å². The summed E-state index contributed by atoms with van der Waals surface area (Å²) >= 11 is 0. The molecule has 11 heteroatoms. The number of nitrogens with zero attached hydrogens (tertiary/aromatic N) is 4. The predicted octanol–water partition coefficient (Wildman–Crippen LogP) is 9.82. The highest BCUT2D eigenvalue weighted by molar-refractivity contribution is 5.81. The number of aliphatic carboxylic acids is 1. The second-order valence-electron chi connectivity index (χ2n) is 23.1. The number of rotatable bonds is 13. The quantitative estimate of drug-likeness (QED) is 0.147. The van der Waals surface area contributed by atoms with Crippen LogP contribution in [0.15, 0.2) is 54.9 Å². The summed E-state index contributed by atoms with van der Waals surface area (Å²) in [5.41, 5.74) is 0.846. The molecule has 2 aromatic rings. The first-order chi connectivity index (χ1) is 30.2. The molecule has 0 unspecified atom stereocenters. The summed E-state index contributed by atoms with van der Waals surface area (Å²) < 4.78 is 12.6. The molecule has 350 valence electrons. The Morgan fingerprint density at radius 2 is 1.61 bits per heavy atom. The van der Waals surface area contributed by atoms with Crippen molar-refractivity contribution >= 4 is 29.5 Å². The first-order valence-electron chi connectivity index (χ1n) is 24.6. The molecule has 11 nitrogen and oxygen atoms in total. The van der Waals surface area contributed by atoms with Crippen molar-refractivity contribution in [2.45, 2.75) is 139 Å². The molecule has 6 fully saturated rings. The third kappa shape index (κ3) is 8.05. The molecular weight excluding hydrogens is 803 g/mol. The maximum Gasteiger partial charge on any atom is 0.312 e. The van der Waals surface area contributed by atoms with Gasteiger partial charge in [-0.2, -0.15) is 0 Å². The average molecular weight is 880 g/mol. The van der Waals surface area contributed by atoms with Crippen molar-refractivity contribution in [2.75, 3.05) is 49.5 Å². The van der Waals surface area contributed by atoms with E-state index >= 15 is 0 Å². The number of hydrogen-bond donors (Lipinski definition) is 2. The molecule has 8 rings (SSSR count). The number of aromatic nitrogens is 2. The minimum absolute atomic E-state index is 0.0303. The molecule has 2 heterocycles. The van der Waals surface area contributed by atoms with Gasteiger partial charge in [0.1, 0.15) is 30.7 Å². The summed E-state index contributed by atoms with van der Waals surface area (Å²) in [5.74, 6) is 2.29. The maximum atomic E-state index is 14.7. The Balaban J connectivity index is 0.901. The van der Waals surface area contributed by atoms with Gasteiger partial charge >= 0.3 is 17.9 Å². The summed E-state index contributed by atoms with van der Waals surface area (Å²) in [6.45, 7) is 27.6. The first-order valence-corrected chi connectivity index (χ1v) is 24.6. The monoisotopic (exact) mass is 880 g/mol. The third-order valence-electron chi connectivity index (χ3n) is 19.2. The van der Waals surface area contributed by atoms with Crippen LogP contribution in [0.5, 0.6) is 0 Å². The van der Waals surface area contributed by atoms with E-state index < -0.39 is 22.8 Å². The molecule has 1 aliphatic heterocycles. The summed E-state index contributed by atoms with van der Waals surface area (Å²) in [5, 5.41) is 13.1. The number of nitrogens with one attached hydrogen (secondary N) is 1. The second kappa shape index (κ2) is 17.3.